The van der Waals surface area contributed by atoms with Crippen LogP contribution in [0.5, 0.6) is 0 Å². The van der Waals surface area contributed by atoms with Gasteiger partial charge in [-0.15, -0.1) is 0 Å². The first kappa shape index (κ1) is 11.9. The highest BCUT2D eigenvalue weighted by Gasteiger charge is 2.10. The highest BCUT2D eigenvalue weighted by atomic mass is 35.5. The summed E-state index contributed by atoms with van der Waals surface area (Å²) < 4.78 is 19.0. The molecule has 1 heterocycles. The molecule has 0 atom stereocenters. The third-order valence-electron chi connectivity index (χ3n) is 2.87. The molecule has 0 fully saturated rings. The average molecular weight is 275 g/mol. The van der Waals surface area contributed by atoms with Gasteiger partial charge in [0, 0.05) is 5.02 Å². The lowest BCUT2D eigenvalue weighted by molar-refractivity contribution is 0.527. The molecule has 4 heteroatoms. The summed E-state index contributed by atoms with van der Waals surface area (Å²) in [6, 6.07) is 12.9. The van der Waals surface area contributed by atoms with Gasteiger partial charge in [0.15, 0.2) is 0 Å². The molecule has 0 unspecified atom stereocenters. The summed E-state index contributed by atoms with van der Waals surface area (Å²) in [6.45, 7) is 0. The van der Waals surface area contributed by atoms with Crippen molar-refractivity contribution in [1.29, 1.82) is 0 Å². The van der Waals surface area contributed by atoms with E-state index in [0.717, 1.165) is 0 Å². The van der Waals surface area contributed by atoms with Crippen LogP contribution >= 0.6 is 11.6 Å². The molecule has 0 amide bonds. The van der Waals surface area contributed by atoms with Gasteiger partial charge in [-0.3, -0.25) is 0 Å². The van der Waals surface area contributed by atoms with E-state index in [1.165, 1.54) is 12.1 Å². The first-order valence-corrected chi connectivity index (χ1v) is 6.01. The van der Waals surface area contributed by atoms with Gasteiger partial charge in [-0.1, -0.05) is 29.8 Å². The maximum atomic E-state index is 13.8. The number of hydrogen-bond donors (Lipinski definition) is 0. The fourth-order valence-electron chi connectivity index (χ4n) is 1.96. The van der Waals surface area contributed by atoms with Crippen LogP contribution in [0.4, 0.5) is 4.39 Å². The predicted octanol–water partition coefficient (Wildman–Crippen LogP) is 4.25. The molecule has 0 spiro atoms. The summed E-state index contributed by atoms with van der Waals surface area (Å²) in [4.78, 5) is 11.8. The fourth-order valence-corrected chi connectivity index (χ4v) is 2.12. The van der Waals surface area contributed by atoms with E-state index in [-0.39, 0.29) is 11.3 Å². The number of hydrogen-bond acceptors (Lipinski definition) is 2. The van der Waals surface area contributed by atoms with Crippen LogP contribution in [0.3, 0.4) is 0 Å². The van der Waals surface area contributed by atoms with Crippen molar-refractivity contribution < 1.29 is 8.81 Å². The van der Waals surface area contributed by atoms with Crippen molar-refractivity contribution in [2.24, 2.45) is 0 Å². The Hall–Kier alpha value is -2.13. The van der Waals surface area contributed by atoms with Crippen LogP contribution in [0.1, 0.15) is 0 Å². The molecule has 0 aliphatic carbocycles. The first-order valence-electron chi connectivity index (χ1n) is 5.63. The van der Waals surface area contributed by atoms with Gasteiger partial charge in [0.1, 0.15) is 11.6 Å². The second-order valence-corrected chi connectivity index (χ2v) is 4.55. The van der Waals surface area contributed by atoms with Crippen LogP contribution in [0.25, 0.3) is 22.1 Å². The molecule has 2 aromatic carbocycles. The lowest BCUT2D eigenvalue weighted by Crippen LogP contribution is -2.00. The van der Waals surface area contributed by atoms with E-state index < -0.39 is 11.4 Å². The van der Waals surface area contributed by atoms with Gasteiger partial charge in [0.25, 0.3) is 0 Å². The molecule has 0 radical (unpaired) electrons. The minimum absolute atomic E-state index is 0.192. The van der Waals surface area contributed by atoms with Gasteiger partial charge in [-0.05, 0) is 35.7 Å². The minimum Gasteiger partial charge on any atom is -0.422 e. The van der Waals surface area contributed by atoms with E-state index in [9.17, 15) is 9.18 Å². The number of fused-ring (bicyclic) bond motifs is 1. The van der Waals surface area contributed by atoms with Crippen molar-refractivity contribution in [1.82, 2.24) is 0 Å². The first-order chi connectivity index (χ1) is 9.15. The second-order valence-electron chi connectivity index (χ2n) is 4.11. The molecular formula is C15H8ClFO2. The molecular weight excluding hydrogens is 267 g/mol. The van der Waals surface area contributed by atoms with Crippen molar-refractivity contribution in [2.75, 3.05) is 0 Å². The van der Waals surface area contributed by atoms with Crippen molar-refractivity contribution in [3.63, 3.8) is 0 Å². The topological polar surface area (TPSA) is 30.2 Å². The van der Waals surface area contributed by atoms with Crippen molar-refractivity contribution >= 4 is 22.4 Å². The summed E-state index contributed by atoms with van der Waals surface area (Å²) >= 11 is 5.70. The molecule has 2 nitrogen and oxygen atoms in total. The van der Waals surface area contributed by atoms with Gasteiger partial charge in [0.05, 0.1) is 10.9 Å². The molecule has 3 rings (SSSR count). The Balaban J connectivity index is 2.28. The van der Waals surface area contributed by atoms with Crippen molar-refractivity contribution in [3.8, 4) is 11.3 Å². The van der Waals surface area contributed by atoms with Gasteiger partial charge in [-0.25, -0.2) is 9.18 Å². The Morgan fingerprint density at radius 2 is 1.84 bits per heavy atom. The van der Waals surface area contributed by atoms with E-state index in [0.29, 0.717) is 15.8 Å². The Bertz CT molecular complexity index is 824. The van der Waals surface area contributed by atoms with Crippen molar-refractivity contribution in [3.05, 3.63) is 69.8 Å². The van der Waals surface area contributed by atoms with Gasteiger partial charge >= 0.3 is 5.63 Å². The zero-order valence-corrected chi connectivity index (χ0v) is 10.4. The van der Waals surface area contributed by atoms with Crippen LogP contribution < -0.4 is 5.63 Å². The monoisotopic (exact) mass is 274 g/mol. The summed E-state index contributed by atoms with van der Waals surface area (Å²) in [5.74, 6) is -0.330. The summed E-state index contributed by atoms with van der Waals surface area (Å²) in [5, 5.41) is 1.48. The van der Waals surface area contributed by atoms with Crippen LogP contribution in [0.2, 0.25) is 5.02 Å². The van der Waals surface area contributed by atoms with E-state index >= 15 is 0 Å². The van der Waals surface area contributed by atoms with E-state index in [2.05, 4.69) is 0 Å². The molecule has 0 aliphatic rings. The Morgan fingerprint density at radius 1 is 1.05 bits per heavy atom. The van der Waals surface area contributed by atoms with Crippen LogP contribution in [-0.4, -0.2) is 0 Å². The van der Waals surface area contributed by atoms with E-state index in [1.807, 2.05) is 6.07 Å². The molecule has 0 saturated heterocycles. The summed E-state index contributed by atoms with van der Waals surface area (Å²) in [7, 11) is 0. The third-order valence-corrected chi connectivity index (χ3v) is 3.10. The number of halogens is 2. The zero-order valence-electron chi connectivity index (χ0n) is 9.69. The molecule has 0 N–H and O–H groups in total. The summed E-state index contributed by atoms with van der Waals surface area (Å²) in [6.07, 6.45) is 0. The number of rotatable bonds is 1. The lowest BCUT2D eigenvalue weighted by Gasteiger charge is -2.04. The molecule has 3 aromatic rings. The Morgan fingerprint density at radius 3 is 2.63 bits per heavy atom. The highest BCUT2D eigenvalue weighted by molar-refractivity contribution is 6.30. The molecule has 94 valence electrons. The van der Waals surface area contributed by atoms with Crippen LogP contribution in [0, 0.1) is 5.82 Å². The fraction of sp³-hybridized carbons (Fsp3) is 0. The largest absolute Gasteiger partial charge is 0.422 e. The van der Waals surface area contributed by atoms with E-state index in [4.69, 9.17) is 16.0 Å². The molecule has 0 saturated carbocycles. The maximum Gasteiger partial charge on any atom is 0.344 e. The average Bonchev–Trinajstić information content (AvgIpc) is 2.38. The number of benzene rings is 2. The normalized spacial score (nSPS) is 10.8. The second kappa shape index (κ2) is 4.52. The quantitative estimate of drug-likeness (QED) is 0.664. The van der Waals surface area contributed by atoms with Gasteiger partial charge in [0.2, 0.25) is 0 Å². The van der Waals surface area contributed by atoms with Gasteiger partial charge in [-0.2, -0.15) is 0 Å². The van der Waals surface area contributed by atoms with Crippen molar-refractivity contribution in [2.45, 2.75) is 0 Å². The summed E-state index contributed by atoms with van der Waals surface area (Å²) in [5.41, 5.74) is -0.269. The Labute approximate surface area is 113 Å². The molecule has 0 bridgehead atoms. The highest BCUT2D eigenvalue weighted by Crippen LogP contribution is 2.26. The minimum atomic E-state index is -0.522. The maximum absolute atomic E-state index is 13.8. The molecule has 1 aromatic heterocycles. The zero-order chi connectivity index (χ0) is 13.4. The molecule has 0 aliphatic heterocycles. The van der Waals surface area contributed by atoms with E-state index in [1.54, 1.807) is 30.3 Å². The van der Waals surface area contributed by atoms with Crippen LogP contribution in [-0.2, 0) is 0 Å². The SMILES string of the molecule is O=c1oc(-c2ccc(Cl)cc2F)cc2ccccc12. The lowest BCUT2D eigenvalue weighted by atomic mass is 10.1. The van der Waals surface area contributed by atoms with Gasteiger partial charge < -0.3 is 4.42 Å². The van der Waals surface area contributed by atoms with Crippen LogP contribution in [0.15, 0.2) is 57.7 Å². The third kappa shape index (κ3) is 2.13. The smallest absolute Gasteiger partial charge is 0.344 e. The predicted molar refractivity (Wildman–Crippen MR) is 72.9 cm³/mol. The standard InChI is InChI=1S/C15H8ClFO2/c16-10-5-6-12(13(17)8-10)14-7-9-3-1-2-4-11(9)15(18)19-14/h1-8H. The Kier molecular flexibility index (Phi) is 2.84. The molecule has 19 heavy (non-hydrogen) atoms.